The number of ether oxygens (including phenoxy) is 1. The van der Waals surface area contributed by atoms with Crippen molar-refractivity contribution in [3.8, 4) is 5.75 Å². The average molecular weight is 250 g/mol. The highest BCUT2D eigenvalue weighted by molar-refractivity contribution is 5.28. The second-order valence-corrected chi connectivity index (χ2v) is 5.32. The van der Waals surface area contributed by atoms with E-state index in [1.54, 1.807) is 6.92 Å². The molecule has 1 aromatic carbocycles. The van der Waals surface area contributed by atoms with E-state index in [0.29, 0.717) is 6.61 Å². The minimum Gasteiger partial charge on any atom is -0.491 e. The normalized spacial score (nSPS) is 20.4. The van der Waals surface area contributed by atoms with Crippen molar-refractivity contribution in [2.45, 2.75) is 50.7 Å². The SMILES string of the molecule is C[C@@H](O)c1ccc(OCC2(O)CCCCC2)cc1. The zero-order valence-corrected chi connectivity index (χ0v) is 10.9. The fraction of sp³-hybridized carbons (Fsp3) is 0.600. The fourth-order valence-electron chi connectivity index (χ4n) is 2.41. The Morgan fingerprint density at radius 2 is 1.78 bits per heavy atom. The van der Waals surface area contributed by atoms with Gasteiger partial charge in [-0.15, -0.1) is 0 Å². The molecular weight excluding hydrogens is 228 g/mol. The summed E-state index contributed by atoms with van der Waals surface area (Å²) in [6.45, 7) is 2.10. The van der Waals surface area contributed by atoms with Crippen molar-refractivity contribution in [3.63, 3.8) is 0 Å². The van der Waals surface area contributed by atoms with Crippen molar-refractivity contribution in [2.75, 3.05) is 6.61 Å². The third kappa shape index (κ3) is 3.47. The summed E-state index contributed by atoms with van der Waals surface area (Å²) in [6, 6.07) is 7.39. The first kappa shape index (κ1) is 13.4. The van der Waals surface area contributed by atoms with Crippen LogP contribution in [0.3, 0.4) is 0 Å². The van der Waals surface area contributed by atoms with Crippen LogP contribution >= 0.6 is 0 Å². The van der Waals surface area contributed by atoms with E-state index < -0.39 is 11.7 Å². The van der Waals surface area contributed by atoms with E-state index in [4.69, 9.17) is 4.74 Å². The van der Waals surface area contributed by atoms with E-state index in [9.17, 15) is 10.2 Å². The van der Waals surface area contributed by atoms with Crippen LogP contribution in [0.5, 0.6) is 5.75 Å². The van der Waals surface area contributed by atoms with Gasteiger partial charge in [0.1, 0.15) is 12.4 Å². The molecule has 1 atom stereocenters. The Morgan fingerprint density at radius 3 is 2.33 bits per heavy atom. The van der Waals surface area contributed by atoms with Crippen molar-refractivity contribution >= 4 is 0 Å². The number of benzene rings is 1. The van der Waals surface area contributed by atoms with Gasteiger partial charge in [-0.25, -0.2) is 0 Å². The molecule has 2 N–H and O–H groups in total. The van der Waals surface area contributed by atoms with Crippen LogP contribution in [0.15, 0.2) is 24.3 Å². The number of hydrogen-bond acceptors (Lipinski definition) is 3. The quantitative estimate of drug-likeness (QED) is 0.864. The highest BCUT2D eigenvalue weighted by Gasteiger charge is 2.29. The lowest BCUT2D eigenvalue weighted by molar-refractivity contribution is -0.0339. The van der Waals surface area contributed by atoms with Gasteiger partial charge < -0.3 is 14.9 Å². The maximum Gasteiger partial charge on any atom is 0.119 e. The zero-order valence-electron chi connectivity index (χ0n) is 10.9. The van der Waals surface area contributed by atoms with Gasteiger partial charge in [-0.2, -0.15) is 0 Å². The Morgan fingerprint density at radius 1 is 1.17 bits per heavy atom. The summed E-state index contributed by atoms with van der Waals surface area (Å²) < 4.78 is 5.65. The molecule has 1 aliphatic carbocycles. The van der Waals surface area contributed by atoms with Crippen LogP contribution < -0.4 is 4.74 Å². The largest absolute Gasteiger partial charge is 0.491 e. The molecule has 0 heterocycles. The number of aliphatic hydroxyl groups excluding tert-OH is 1. The lowest BCUT2D eigenvalue weighted by atomic mass is 9.85. The summed E-state index contributed by atoms with van der Waals surface area (Å²) in [4.78, 5) is 0. The van der Waals surface area contributed by atoms with Crippen molar-refractivity contribution < 1.29 is 14.9 Å². The van der Waals surface area contributed by atoms with Crippen molar-refractivity contribution in [1.82, 2.24) is 0 Å². The third-order valence-corrected chi connectivity index (χ3v) is 3.65. The molecule has 0 bridgehead atoms. The Kier molecular flexibility index (Phi) is 4.25. The van der Waals surface area contributed by atoms with Gasteiger partial charge >= 0.3 is 0 Å². The molecule has 18 heavy (non-hydrogen) atoms. The number of rotatable bonds is 4. The molecule has 1 aliphatic rings. The maximum atomic E-state index is 10.3. The molecule has 0 aliphatic heterocycles. The monoisotopic (exact) mass is 250 g/mol. The van der Waals surface area contributed by atoms with Crippen molar-refractivity contribution in [1.29, 1.82) is 0 Å². The van der Waals surface area contributed by atoms with E-state index in [-0.39, 0.29) is 0 Å². The summed E-state index contributed by atoms with van der Waals surface area (Å²) in [7, 11) is 0. The van der Waals surface area contributed by atoms with Crippen LogP contribution in [0.4, 0.5) is 0 Å². The Bertz CT molecular complexity index is 364. The highest BCUT2D eigenvalue weighted by Crippen LogP contribution is 2.29. The maximum absolute atomic E-state index is 10.3. The second-order valence-electron chi connectivity index (χ2n) is 5.32. The third-order valence-electron chi connectivity index (χ3n) is 3.65. The standard InChI is InChI=1S/C15H22O3/c1-12(16)13-5-7-14(8-6-13)18-11-15(17)9-3-2-4-10-15/h5-8,12,16-17H,2-4,9-11H2,1H3/t12-/m1/s1. The molecule has 1 saturated carbocycles. The number of aliphatic hydroxyl groups is 2. The van der Waals surface area contributed by atoms with E-state index in [1.165, 1.54) is 6.42 Å². The van der Waals surface area contributed by atoms with E-state index in [2.05, 4.69) is 0 Å². The van der Waals surface area contributed by atoms with Crippen LogP contribution in [0.2, 0.25) is 0 Å². The van der Waals surface area contributed by atoms with Gasteiger partial charge in [0.2, 0.25) is 0 Å². The van der Waals surface area contributed by atoms with Crippen molar-refractivity contribution in [3.05, 3.63) is 29.8 Å². The number of hydrogen-bond donors (Lipinski definition) is 2. The fourth-order valence-corrected chi connectivity index (χ4v) is 2.41. The molecule has 0 aromatic heterocycles. The molecule has 3 heteroatoms. The van der Waals surface area contributed by atoms with E-state index in [1.807, 2.05) is 24.3 Å². The van der Waals surface area contributed by atoms with Gasteiger partial charge in [-0.3, -0.25) is 0 Å². The lowest BCUT2D eigenvalue weighted by Gasteiger charge is -2.31. The summed E-state index contributed by atoms with van der Waals surface area (Å²) in [5.74, 6) is 0.749. The Hall–Kier alpha value is -1.06. The molecule has 100 valence electrons. The second kappa shape index (κ2) is 5.72. The molecule has 0 radical (unpaired) electrons. The van der Waals surface area contributed by atoms with Gasteiger partial charge in [0.25, 0.3) is 0 Å². The first-order valence-electron chi connectivity index (χ1n) is 6.72. The molecule has 3 nitrogen and oxygen atoms in total. The molecule has 0 spiro atoms. The summed E-state index contributed by atoms with van der Waals surface area (Å²) in [5.41, 5.74) is 0.222. The topological polar surface area (TPSA) is 49.7 Å². The van der Waals surface area contributed by atoms with E-state index in [0.717, 1.165) is 37.0 Å². The van der Waals surface area contributed by atoms with Gasteiger partial charge in [0, 0.05) is 0 Å². The first-order valence-corrected chi connectivity index (χ1v) is 6.72. The molecule has 2 rings (SSSR count). The van der Waals surface area contributed by atoms with Gasteiger partial charge in [0.05, 0.1) is 11.7 Å². The molecule has 1 aromatic rings. The smallest absolute Gasteiger partial charge is 0.119 e. The van der Waals surface area contributed by atoms with Crippen LogP contribution in [0.25, 0.3) is 0 Å². The molecule has 0 saturated heterocycles. The first-order chi connectivity index (χ1) is 8.59. The molecule has 1 fully saturated rings. The van der Waals surface area contributed by atoms with Gasteiger partial charge in [0.15, 0.2) is 0 Å². The van der Waals surface area contributed by atoms with Crippen LogP contribution in [0.1, 0.15) is 50.7 Å². The Balaban J connectivity index is 1.89. The van der Waals surface area contributed by atoms with Gasteiger partial charge in [-0.1, -0.05) is 31.4 Å². The predicted molar refractivity (Wildman–Crippen MR) is 70.6 cm³/mol. The molecule has 0 unspecified atom stereocenters. The average Bonchev–Trinajstić information content (AvgIpc) is 2.38. The van der Waals surface area contributed by atoms with Crippen LogP contribution in [-0.2, 0) is 0 Å². The van der Waals surface area contributed by atoms with Gasteiger partial charge in [-0.05, 0) is 37.5 Å². The van der Waals surface area contributed by atoms with E-state index >= 15 is 0 Å². The van der Waals surface area contributed by atoms with Crippen LogP contribution in [0, 0.1) is 0 Å². The summed E-state index contributed by atoms with van der Waals surface area (Å²) in [5, 5.41) is 19.7. The summed E-state index contributed by atoms with van der Waals surface area (Å²) >= 11 is 0. The zero-order chi connectivity index (χ0) is 13.0. The minimum atomic E-state index is -0.652. The summed E-state index contributed by atoms with van der Waals surface area (Å²) in [6.07, 6.45) is 4.59. The Labute approximate surface area is 108 Å². The van der Waals surface area contributed by atoms with Crippen molar-refractivity contribution in [2.24, 2.45) is 0 Å². The predicted octanol–water partition coefficient (Wildman–Crippen LogP) is 2.81. The highest BCUT2D eigenvalue weighted by atomic mass is 16.5. The van der Waals surface area contributed by atoms with Crippen LogP contribution in [-0.4, -0.2) is 22.4 Å². The lowest BCUT2D eigenvalue weighted by Crippen LogP contribution is -2.37. The molecule has 0 amide bonds. The molecular formula is C15H22O3. The minimum absolute atomic E-state index is 0.362.